The molecule has 1 heterocycles. The summed E-state index contributed by atoms with van der Waals surface area (Å²) in [4.78, 5) is 14.3. The maximum atomic E-state index is 11.5. The monoisotopic (exact) mass is 213 g/mol. The number of imidazole rings is 1. The molecule has 0 aliphatic heterocycles. The van der Waals surface area contributed by atoms with Crippen molar-refractivity contribution in [1.29, 1.82) is 0 Å². The van der Waals surface area contributed by atoms with Gasteiger partial charge in [-0.15, -0.1) is 0 Å². The van der Waals surface area contributed by atoms with Gasteiger partial charge in [-0.1, -0.05) is 0 Å². The molecule has 0 aromatic carbocycles. The van der Waals surface area contributed by atoms with E-state index in [4.69, 9.17) is 12.2 Å². The smallest absolute Gasteiger partial charge is 0.240 e. The van der Waals surface area contributed by atoms with Crippen LogP contribution in [0, 0.1) is 4.77 Å². The van der Waals surface area contributed by atoms with E-state index in [9.17, 15) is 4.79 Å². The van der Waals surface area contributed by atoms with E-state index in [0.29, 0.717) is 4.77 Å². The molecule has 0 unspecified atom stereocenters. The molecule has 0 atom stereocenters. The van der Waals surface area contributed by atoms with Gasteiger partial charge >= 0.3 is 0 Å². The molecule has 0 fully saturated rings. The molecule has 1 aromatic heterocycles. The Bertz CT molecular complexity index is 372. The van der Waals surface area contributed by atoms with Gasteiger partial charge in [-0.05, 0) is 33.0 Å². The number of carbonyl (C=O) groups is 1. The van der Waals surface area contributed by atoms with Gasteiger partial charge in [-0.2, -0.15) is 0 Å². The largest absolute Gasteiger partial charge is 0.350 e. The van der Waals surface area contributed by atoms with Crippen LogP contribution >= 0.6 is 12.2 Å². The highest BCUT2D eigenvalue weighted by Gasteiger charge is 2.13. The number of carbonyl (C=O) groups excluding carboxylic acids is 1. The summed E-state index contributed by atoms with van der Waals surface area (Å²) in [7, 11) is 0. The topological polar surface area (TPSA) is 49.8 Å². The standard InChI is InChI=1S/C9H15N3OS/c1-9(2,3)11-7(13)6-12-5-4-10-8(12)14/h4-5H,6H2,1-3H3,(H,10,14)(H,11,13). The molecule has 0 saturated carbocycles. The van der Waals surface area contributed by atoms with Gasteiger partial charge in [-0.3, -0.25) is 4.79 Å². The third-order valence-corrected chi connectivity index (χ3v) is 1.90. The maximum absolute atomic E-state index is 11.5. The fourth-order valence-electron chi connectivity index (χ4n) is 1.09. The number of nitrogens with zero attached hydrogens (tertiary/aromatic N) is 1. The van der Waals surface area contributed by atoms with Gasteiger partial charge in [0, 0.05) is 17.9 Å². The van der Waals surface area contributed by atoms with E-state index in [-0.39, 0.29) is 18.0 Å². The zero-order chi connectivity index (χ0) is 10.8. The van der Waals surface area contributed by atoms with Crippen LogP contribution in [0.25, 0.3) is 0 Å². The number of hydrogen-bond donors (Lipinski definition) is 2. The van der Waals surface area contributed by atoms with Gasteiger partial charge in [-0.25, -0.2) is 0 Å². The average Bonchev–Trinajstić information content (AvgIpc) is 2.32. The number of H-pyrrole nitrogens is 1. The second kappa shape index (κ2) is 3.96. The normalized spacial score (nSPS) is 11.4. The summed E-state index contributed by atoms with van der Waals surface area (Å²) < 4.78 is 2.25. The Morgan fingerprint density at radius 1 is 1.64 bits per heavy atom. The van der Waals surface area contributed by atoms with Crippen LogP contribution < -0.4 is 5.32 Å². The lowest BCUT2D eigenvalue weighted by Crippen LogP contribution is -2.42. The van der Waals surface area contributed by atoms with Crippen LogP contribution in [0.5, 0.6) is 0 Å². The summed E-state index contributed by atoms with van der Waals surface area (Å²) in [6.45, 7) is 6.10. The zero-order valence-corrected chi connectivity index (χ0v) is 9.44. The molecular weight excluding hydrogens is 198 g/mol. The molecule has 78 valence electrons. The second-order valence-corrected chi connectivity index (χ2v) is 4.58. The first kappa shape index (κ1) is 11.0. The molecule has 0 aliphatic carbocycles. The van der Waals surface area contributed by atoms with Gasteiger partial charge < -0.3 is 14.9 Å². The van der Waals surface area contributed by atoms with E-state index >= 15 is 0 Å². The van der Waals surface area contributed by atoms with Crippen LogP contribution in [-0.4, -0.2) is 21.0 Å². The van der Waals surface area contributed by atoms with Crippen LogP contribution in [0.4, 0.5) is 0 Å². The Labute approximate surface area is 88.3 Å². The van der Waals surface area contributed by atoms with Gasteiger partial charge in [0.15, 0.2) is 4.77 Å². The van der Waals surface area contributed by atoms with Crippen molar-refractivity contribution < 1.29 is 4.79 Å². The lowest BCUT2D eigenvalue weighted by atomic mass is 10.1. The predicted octanol–water partition coefficient (Wildman–Crippen LogP) is 1.46. The zero-order valence-electron chi connectivity index (χ0n) is 8.63. The number of nitrogens with one attached hydrogen (secondary N) is 2. The average molecular weight is 213 g/mol. The van der Waals surface area contributed by atoms with Crippen molar-refractivity contribution in [2.45, 2.75) is 32.9 Å². The van der Waals surface area contributed by atoms with Gasteiger partial charge in [0.25, 0.3) is 0 Å². The van der Waals surface area contributed by atoms with Crippen LogP contribution in [-0.2, 0) is 11.3 Å². The lowest BCUT2D eigenvalue weighted by Gasteiger charge is -2.20. The number of aromatic amines is 1. The van der Waals surface area contributed by atoms with Crippen molar-refractivity contribution in [2.24, 2.45) is 0 Å². The highest BCUT2D eigenvalue weighted by molar-refractivity contribution is 7.71. The van der Waals surface area contributed by atoms with Gasteiger partial charge in [0.2, 0.25) is 5.91 Å². The first-order valence-corrected chi connectivity index (χ1v) is 4.84. The molecule has 1 rings (SSSR count). The Kier molecular flexibility index (Phi) is 3.10. The van der Waals surface area contributed by atoms with E-state index in [1.165, 1.54) is 0 Å². The Morgan fingerprint density at radius 3 is 2.71 bits per heavy atom. The van der Waals surface area contributed by atoms with E-state index in [0.717, 1.165) is 0 Å². The third kappa shape index (κ3) is 3.33. The highest BCUT2D eigenvalue weighted by Crippen LogP contribution is 1.99. The van der Waals surface area contributed by atoms with Gasteiger partial charge in [0.1, 0.15) is 6.54 Å². The van der Waals surface area contributed by atoms with Crippen molar-refractivity contribution in [1.82, 2.24) is 14.9 Å². The summed E-state index contributed by atoms with van der Waals surface area (Å²) in [5.74, 6) is -0.0341. The Hall–Kier alpha value is -1.10. The van der Waals surface area contributed by atoms with Gasteiger partial charge in [0.05, 0.1) is 0 Å². The minimum atomic E-state index is -0.199. The quantitative estimate of drug-likeness (QED) is 0.731. The third-order valence-electron chi connectivity index (χ3n) is 1.55. The number of amides is 1. The fourth-order valence-corrected chi connectivity index (χ4v) is 1.28. The molecule has 1 amide bonds. The molecule has 0 spiro atoms. The summed E-state index contributed by atoms with van der Waals surface area (Å²) in [6, 6.07) is 0. The number of rotatable bonds is 2. The molecule has 0 saturated heterocycles. The molecule has 2 N–H and O–H groups in total. The van der Waals surface area contributed by atoms with E-state index < -0.39 is 0 Å². The predicted molar refractivity (Wildman–Crippen MR) is 57.5 cm³/mol. The summed E-state index contributed by atoms with van der Waals surface area (Å²) in [5.41, 5.74) is -0.199. The minimum absolute atomic E-state index is 0.0341. The molecule has 14 heavy (non-hydrogen) atoms. The van der Waals surface area contributed by atoms with Crippen molar-refractivity contribution in [3.05, 3.63) is 17.2 Å². The van der Waals surface area contributed by atoms with Crippen molar-refractivity contribution in [2.75, 3.05) is 0 Å². The Balaban J connectivity index is 2.59. The molecule has 1 aromatic rings. The first-order chi connectivity index (χ1) is 6.38. The molecule has 4 nitrogen and oxygen atoms in total. The molecule has 0 radical (unpaired) electrons. The second-order valence-electron chi connectivity index (χ2n) is 4.19. The summed E-state index contributed by atoms with van der Waals surface area (Å²) in [5, 5.41) is 2.86. The van der Waals surface area contributed by atoms with Crippen LogP contribution in [0.1, 0.15) is 20.8 Å². The highest BCUT2D eigenvalue weighted by atomic mass is 32.1. The van der Waals surface area contributed by atoms with Crippen LogP contribution in [0.2, 0.25) is 0 Å². The molecule has 5 heteroatoms. The SMILES string of the molecule is CC(C)(C)NC(=O)Cn1cc[nH]c1=S. The van der Waals surface area contributed by atoms with E-state index in [1.807, 2.05) is 20.8 Å². The van der Waals surface area contributed by atoms with Crippen LogP contribution in [0.15, 0.2) is 12.4 Å². The summed E-state index contributed by atoms with van der Waals surface area (Å²) >= 11 is 4.97. The molecule has 0 bridgehead atoms. The van der Waals surface area contributed by atoms with Crippen molar-refractivity contribution >= 4 is 18.1 Å². The number of hydrogen-bond acceptors (Lipinski definition) is 2. The maximum Gasteiger partial charge on any atom is 0.240 e. The molecule has 0 aliphatic rings. The van der Waals surface area contributed by atoms with E-state index in [1.54, 1.807) is 17.0 Å². The van der Waals surface area contributed by atoms with Crippen LogP contribution in [0.3, 0.4) is 0 Å². The Morgan fingerprint density at radius 2 is 2.29 bits per heavy atom. The fraction of sp³-hybridized carbons (Fsp3) is 0.556. The molecular formula is C9H15N3OS. The number of aromatic nitrogens is 2. The lowest BCUT2D eigenvalue weighted by molar-refractivity contribution is -0.123. The summed E-state index contributed by atoms with van der Waals surface area (Å²) in [6.07, 6.45) is 3.47. The van der Waals surface area contributed by atoms with Crippen molar-refractivity contribution in [3.63, 3.8) is 0 Å². The van der Waals surface area contributed by atoms with E-state index in [2.05, 4.69) is 10.3 Å². The van der Waals surface area contributed by atoms with Crippen molar-refractivity contribution in [3.8, 4) is 0 Å². The first-order valence-electron chi connectivity index (χ1n) is 4.43. The minimum Gasteiger partial charge on any atom is -0.350 e.